The summed E-state index contributed by atoms with van der Waals surface area (Å²) < 4.78 is 16.6. The fourth-order valence-electron chi connectivity index (χ4n) is 2.75. The number of hydrazone groups is 1. The van der Waals surface area contributed by atoms with Gasteiger partial charge in [-0.3, -0.25) is 9.59 Å². The van der Waals surface area contributed by atoms with Crippen molar-refractivity contribution >= 4 is 28.7 Å². The van der Waals surface area contributed by atoms with Crippen LogP contribution in [-0.4, -0.2) is 42.3 Å². The summed E-state index contributed by atoms with van der Waals surface area (Å²) in [6.07, 6.45) is 0. The second-order valence-electron chi connectivity index (χ2n) is 6.37. The first kappa shape index (κ1) is 21.5. The van der Waals surface area contributed by atoms with Crippen LogP contribution in [-0.2, 0) is 9.59 Å². The van der Waals surface area contributed by atoms with Crippen LogP contribution in [0.15, 0.2) is 53.6 Å². The number of hydrogen-bond acceptors (Lipinski definition) is 7. The highest BCUT2D eigenvalue weighted by atomic mass is 32.2. The van der Waals surface area contributed by atoms with Crippen molar-refractivity contribution < 1.29 is 23.8 Å². The molecule has 1 aliphatic heterocycles. The first-order valence-corrected chi connectivity index (χ1v) is 10.2. The van der Waals surface area contributed by atoms with Crippen molar-refractivity contribution in [3.05, 3.63) is 54.1 Å². The van der Waals surface area contributed by atoms with Crippen molar-refractivity contribution in [2.24, 2.45) is 5.10 Å². The molecule has 0 aromatic heterocycles. The molecule has 1 heterocycles. The first-order valence-electron chi connectivity index (χ1n) is 9.28. The van der Waals surface area contributed by atoms with Gasteiger partial charge in [-0.1, -0.05) is 30.0 Å². The maximum Gasteiger partial charge on any atom is 0.241 e. The number of hydrogen-bond donors (Lipinski definition) is 1. The molecule has 0 bridgehead atoms. The van der Waals surface area contributed by atoms with Gasteiger partial charge in [-0.15, -0.1) is 5.10 Å². The molecule has 0 fully saturated rings. The van der Waals surface area contributed by atoms with E-state index >= 15 is 0 Å². The summed E-state index contributed by atoms with van der Waals surface area (Å²) in [5.41, 5.74) is 0.838. The lowest BCUT2D eigenvalue weighted by atomic mass is 10.2. The van der Waals surface area contributed by atoms with Crippen LogP contribution in [0.1, 0.15) is 24.8 Å². The second kappa shape index (κ2) is 10.0. The standard InChI is InChI=1S/C21H23N3O5S/c1-14(25)22-21-23-24(15(2)26)20(30-21)16-6-4-8-18(12-16)28-10-11-29-19-9-5-7-17(13-19)27-3/h4-9,12-13,20H,10-11H2,1-3H3,(H,22,23,25). The predicted octanol–water partition coefficient (Wildman–Crippen LogP) is 3.15. The van der Waals surface area contributed by atoms with Crippen molar-refractivity contribution in [3.63, 3.8) is 0 Å². The van der Waals surface area contributed by atoms with Gasteiger partial charge in [0.1, 0.15) is 35.8 Å². The highest BCUT2D eigenvalue weighted by molar-refractivity contribution is 8.14. The maximum absolute atomic E-state index is 12.0. The number of ether oxygens (including phenoxy) is 3. The van der Waals surface area contributed by atoms with Crippen LogP contribution in [0, 0.1) is 0 Å². The number of amides is 2. The summed E-state index contributed by atoms with van der Waals surface area (Å²) in [6, 6.07) is 14.8. The molecule has 1 unspecified atom stereocenters. The van der Waals surface area contributed by atoms with E-state index in [1.165, 1.54) is 30.6 Å². The van der Waals surface area contributed by atoms with E-state index in [0.29, 0.717) is 29.9 Å². The van der Waals surface area contributed by atoms with Crippen molar-refractivity contribution in [3.8, 4) is 17.2 Å². The molecule has 8 nitrogen and oxygen atoms in total. The number of carbonyl (C=O) groups excluding carboxylic acids is 2. The summed E-state index contributed by atoms with van der Waals surface area (Å²) in [6.45, 7) is 3.55. The number of carbonyl (C=O) groups is 2. The molecule has 2 aromatic carbocycles. The molecule has 2 amide bonds. The van der Waals surface area contributed by atoms with Gasteiger partial charge < -0.3 is 19.5 Å². The van der Waals surface area contributed by atoms with Crippen LogP contribution >= 0.6 is 11.8 Å². The molecule has 0 saturated carbocycles. The Kier molecular flexibility index (Phi) is 7.18. The van der Waals surface area contributed by atoms with Gasteiger partial charge in [0.2, 0.25) is 11.8 Å². The zero-order valence-corrected chi connectivity index (χ0v) is 17.8. The number of nitrogens with zero attached hydrogens (tertiary/aromatic N) is 2. The molecule has 0 saturated heterocycles. The van der Waals surface area contributed by atoms with E-state index in [1.807, 2.05) is 42.5 Å². The fraction of sp³-hybridized carbons (Fsp3) is 0.286. The SMILES string of the molecule is COc1cccc(OCCOc2cccc(C3SC(NC(C)=O)=NN3C(C)=O)c2)c1. The molecular formula is C21H23N3O5S. The van der Waals surface area contributed by atoms with Crippen molar-refractivity contribution in [2.45, 2.75) is 19.2 Å². The normalized spacial score (nSPS) is 15.4. The second-order valence-corrected chi connectivity index (χ2v) is 7.44. The number of benzene rings is 2. The van der Waals surface area contributed by atoms with Crippen LogP contribution in [0.4, 0.5) is 0 Å². The zero-order valence-electron chi connectivity index (χ0n) is 17.0. The van der Waals surface area contributed by atoms with E-state index in [0.717, 1.165) is 11.3 Å². The average Bonchev–Trinajstić information content (AvgIpc) is 3.15. The smallest absolute Gasteiger partial charge is 0.241 e. The van der Waals surface area contributed by atoms with E-state index in [1.54, 1.807) is 13.2 Å². The topological polar surface area (TPSA) is 89.5 Å². The Morgan fingerprint density at radius 1 is 1.03 bits per heavy atom. The Hall–Kier alpha value is -3.20. The van der Waals surface area contributed by atoms with Crippen LogP contribution in [0.25, 0.3) is 0 Å². The van der Waals surface area contributed by atoms with Crippen LogP contribution in [0.2, 0.25) is 0 Å². The number of nitrogens with one attached hydrogen (secondary N) is 1. The van der Waals surface area contributed by atoms with Crippen LogP contribution < -0.4 is 19.5 Å². The largest absolute Gasteiger partial charge is 0.497 e. The third-order valence-corrected chi connectivity index (χ3v) is 5.16. The number of rotatable bonds is 7. The first-order chi connectivity index (χ1) is 14.5. The zero-order chi connectivity index (χ0) is 21.5. The van der Waals surface area contributed by atoms with Crippen molar-refractivity contribution in [2.75, 3.05) is 20.3 Å². The highest BCUT2D eigenvalue weighted by Crippen LogP contribution is 2.39. The van der Waals surface area contributed by atoms with Gasteiger partial charge in [0, 0.05) is 19.9 Å². The number of thioether (sulfide) groups is 1. The quantitative estimate of drug-likeness (QED) is 0.680. The molecular weight excluding hydrogens is 406 g/mol. The summed E-state index contributed by atoms with van der Waals surface area (Å²) in [7, 11) is 1.61. The summed E-state index contributed by atoms with van der Waals surface area (Å²) >= 11 is 1.30. The Bertz CT molecular complexity index is 950. The van der Waals surface area contributed by atoms with Crippen molar-refractivity contribution in [1.82, 2.24) is 10.3 Å². The van der Waals surface area contributed by atoms with E-state index in [-0.39, 0.29) is 17.2 Å². The van der Waals surface area contributed by atoms with Gasteiger partial charge in [-0.25, -0.2) is 5.01 Å². The molecule has 9 heteroatoms. The third-order valence-electron chi connectivity index (χ3n) is 4.05. The molecule has 1 N–H and O–H groups in total. The molecule has 0 radical (unpaired) electrons. The van der Waals surface area contributed by atoms with Crippen LogP contribution in [0.3, 0.4) is 0 Å². The lowest BCUT2D eigenvalue weighted by molar-refractivity contribution is -0.129. The molecule has 3 rings (SSSR count). The summed E-state index contributed by atoms with van der Waals surface area (Å²) in [4.78, 5) is 23.3. The Morgan fingerprint density at radius 2 is 1.67 bits per heavy atom. The minimum atomic E-state index is -0.374. The molecule has 158 valence electrons. The molecule has 1 atom stereocenters. The molecule has 0 spiro atoms. The lowest BCUT2D eigenvalue weighted by Gasteiger charge is -2.19. The van der Waals surface area contributed by atoms with E-state index in [4.69, 9.17) is 14.2 Å². The van der Waals surface area contributed by atoms with E-state index in [9.17, 15) is 9.59 Å². The predicted molar refractivity (Wildman–Crippen MR) is 115 cm³/mol. The Balaban J connectivity index is 1.59. The summed E-state index contributed by atoms with van der Waals surface area (Å²) in [5, 5.41) is 8.19. The van der Waals surface area contributed by atoms with Gasteiger partial charge >= 0.3 is 0 Å². The highest BCUT2D eigenvalue weighted by Gasteiger charge is 2.32. The van der Waals surface area contributed by atoms with E-state index < -0.39 is 0 Å². The monoisotopic (exact) mass is 429 g/mol. The molecule has 1 aliphatic rings. The lowest BCUT2D eigenvalue weighted by Crippen LogP contribution is -2.25. The minimum absolute atomic E-state index is 0.217. The number of methoxy groups -OCH3 is 1. The molecule has 0 aliphatic carbocycles. The summed E-state index contributed by atoms with van der Waals surface area (Å²) in [5.74, 6) is 1.63. The van der Waals surface area contributed by atoms with Crippen LogP contribution in [0.5, 0.6) is 17.2 Å². The third kappa shape index (κ3) is 5.66. The maximum atomic E-state index is 12.0. The van der Waals surface area contributed by atoms with Gasteiger partial charge in [0.25, 0.3) is 0 Å². The Labute approximate surface area is 179 Å². The molecule has 2 aromatic rings. The van der Waals surface area contributed by atoms with Gasteiger partial charge in [-0.05, 0) is 29.8 Å². The van der Waals surface area contributed by atoms with Crippen molar-refractivity contribution in [1.29, 1.82) is 0 Å². The van der Waals surface area contributed by atoms with E-state index in [2.05, 4.69) is 10.4 Å². The van der Waals surface area contributed by atoms with Gasteiger partial charge in [0.05, 0.1) is 7.11 Å². The molecule has 30 heavy (non-hydrogen) atoms. The van der Waals surface area contributed by atoms with Gasteiger partial charge in [0.15, 0.2) is 5.17 Å². The fourth-order valence-corrected chi connectivity index (χ4v) is 3.87. The van der Waals surface area contributed by atoms with Gasteiger partial charge in [-0.2, -0.15) is 0 Å². The average molecular weight is 429 g/mol. The minimum Gasteiger partial charge on any atom is -0.497 e. The Morgan fingerprint density at radius 3 is 2.30 bits per heavy atom. The number of amidine groups is 1.